The van der Waals surface area contributed by atoms with Gasteiger partial charge in [-0.1, -0.05) is 25.5 Å². The second kappa shape index (κ2) is 11.4. The van der Waals surface area contributed by atoms with Gasteiger partial charge in [-0.3, -0.25) is 4.90 Å². The summed E-state index contributed by atoms with van der Waals surface area (Å²) in [5, 5.41) is 6.67. The van der Waals surface area contributed by atoms with Gasteiger partial charge in [-0.05, 0) is 57.5 Å². The number of aliphatic imine (C=N–C) groups is 1. The van der Waals surface area contributed by atoms with E-state index in [1.54, 1.807) is 18.2 Å². The second-order valence-electron chi connectivity index (χ2n) is 7.07. The van der Waals surface area contributed by atoms with Gasteiger partial charge in [-0.25, -0.2) is 18.1 Å². The minimum absolute atomic E-state index is 0.261. The van der Waals surface area contributed by atoms with Crippen LogP contribution in [0.15, 0.2) is 34.2 Å². The lowest BCUT2D eigenvalue weighted by atomic mass is 10.0. The molecule has 158 valence electrons. The fourth-order valence-electron chi connectivity index (χ4n) is 3.58. The van der Waals surface area contributed by atoms with Crippen molar-refractivity contribution in [1.29, 1.82) is 0 Å². The number of rotatable bonds is 9. The third kappa shape index (κ3) is 6.76. The smallest absolute Gasteiger partial charge is 0.240 e. The predicted octanol–water partition coefficient (Wildman–Crippen LogP) is 1.91. The lowest BCUT2D eigenvalue weighted by molar-refractivity contribution is 0.147. The Bertz CT molecular complexity index is 736. The Morgan fingerprint density at radius 3 is 2.79 bits per heavy atom. The summed E-state index contributed by atoms with van der Waals surface area (Å²) in [4.78, 5) is 7.45. The fourth-order valence-corrected chi connectivity index (χ4v) is 4.38. The number of nitrogens with zero attached hydrogens (tertiary/aromatic N) is 2. The Balaban J connectivity index is 1.94. The van der Waals surface area contributed by atoms with E-state index in [1.807, 2.05) is 13.0 Å². The summed E-state index contributed by atoms with van der Waals surface area (Å²) >= 11 is 0. The van der Waals surface area contributed by atoms with Gasteiger partial charge in [0.25, 0.3) is 0 Å². The van der Waals surface area contributed by atoms with Crippen LogP contribution < -0.4 is 15.4 Å². The Hall–Kier alpha value is -1.64. The Labute approximate surface area is 170 Å². The van der Waals surface area contributed by atoms with Crippen LogP contribution in [0.2, 0.25) is 0 Å². The van der Waals surface area contributed by atoms with Crippen molar-refractivity contribution in [2.75, 3.05) is 33.2 Å². The third-order valence-electron chi connectivity index (χ3n) is 5.15. The summed E-state index contributed by atoms with van der Waals surface area (Å²) in [6.07, 6.45) is 5.14. The lowest BCUT2D eigenvalue weighted by Gasteiger charge is -2.35. The molecule has 0 aromatic heterocycles. The first-order valence-electron chi connectivity index (χ1n) is 10.3. The van der Waals surface area contributed by atoms with E-state index >= 15 is 0 Å². The van der Waals surface area contributed by atoms with Crippen LogP contribution in [0.3, 0.4) is 0 Å². The van der Waals surface area contributed by atoms with E-state index in [2.05, 4.69) is 32.2 Å². The number of piperidine rings is 1. The molecule has 1 unspecified atom stereocenters. The van der Waals surface area contributed by atoms with Gasteiger partial charge in [0.2, 0.25) is 10.0 Å². The van der Waals surface area contributed by atoms with Crippen LogP contribution in [0.1, 0.15) is 45.1 Å². The van der Waals surface area contributed by atoms with Crippen molar-refractivity contribution in [3.05, 3.63) is 29.8 Å². The highest BCUT2D eigenvalue weighted by molar-refractivity contribution is 7.89. The highest BCUT2D eigenvalue weighted by atomic mass is 32.2. The van der Waals surface area contributed by atoms with Gasteiger partial charge in [-0.15, -0.1) is 0 Å². The zero-order chi connectivity index (χ0) is 20.4. The molecule has 1 heterocycles. The molecular formula is C20H35N5O2S. The monoisotopic (exact) mass is 409 g/mol. The lowest BCUT2D eigenvalue weighted by Crippen LogP contribution is -2.45. The summed E-state index contributed by atoms with van der Waals surface area (Å²) in [6, 6.07) is 7.59. The Morgan fingerprint density at radius 1 is 1.25 bits per heavy atom. The third-order valence-corrected chi connectivity index (χ3v) is 6.57. The van der Waals surface area contributed by atoms with Crippen LogP contribution in [0.5, 0.6) is 0 Å². The maximum Gasteiger partial charge on any atom is 0.240 e. The van der Waals surface area contributed by atoms with Crippen molar-refractivity contribution in [3.8, 4) is 0 Å². The summed E-state index contributed by atoms with van der Waals surface area (Å²) in [7, 11) is -2.02. The normalized spacial score (nSPS) is 18.8. The number of hydrogen-bond acceptors (Lipinski definition) is 4. The molecule has 1 atom stereocenters. The predicted molar refractivity (Wildman–Crippen MR) is 115 cm³/mol. The van der Waals surface area contributed by atoms with Gasteiger partial charge in [0, 0.05) is 25.7 Å². The van der Waals surface area contributed by atoms with Crippen LogP contribution in [0.4, 0.5) is 0 Å². The molecule has 8 heteroatoms. The number of benzene rings is 1. The molecule has 0 spiro atoms. The first kappa shape index (κ1) is 22.6. The van der Waals surface area contributed by atoms with Crippen molar-refractivity contribution in [3.63, 3.8) is 0 Å². The summed E-state index contributed by atoms with van der Waals surface area (Å²) in [6.45, 7) is 8.54. The molecule has 1 aliphatic heterocycles. The molecular weight excluding hydrogens is 374 g/mol. The van der Waals surface area contributed by atoms with Crippen LogP contribution in [0, 0.1) is 0 Å². The summed E-state index contributed by atoms with van der Waals surface area (Å²) in [5.74, 6) is 0.759. The van der Waals surface area contributed by atoms with Crippen molar-refractivity contribution in [2.24, 2.45) is 4.99 Å². The highest BCUT2D eigenvalue weighted by Crippen LogP contribution is 2.18. The molecule has 0 bridgehead atoms. The maximum absolute atomic E-state index is 12.0. The average Bonchev–Trinajstić information content (AvgIpc) is 2.72. The molecule has 1 aromatic rings. The number of guanidine groups is 1. The summed E-state index contributed by atoms with van der Waals surface area (Å²) in [5.41, 5.74) is 0.857. The van der Waals surface area contributed by atoms with Crippen LogP contribution >= 0.6 is 0 Å². The summed E-state index contributed by atoms with van der Waals surface area (Å²) < 4.78 is 26.3. The molecule has 0 radical (unpaired) electrons. The van der Waals surface area contributed by atoms with E-state index in [0.717, 1.165) is 31.2 Å². The maximum atomic E-state index is 12.0. The number of nitrogens with one attached hydrogen (secondary N) is 3. The number of likely N-dealkylation sites (tertiary alicyclic amines) is 1. The molecule has 2 rings (SSSR count). The van der Waals surface area contributed by atoms with E-state index in [9.17, 15) is 8.42 Å². The minimum atomic E-state index is -3.44. The fraction of sp³-hybridized carbons (Fsp3) is 0.650. The van der Waals surface area contributed by atoms with E-state index in [4.69, 9.17) is 0 Å². The molecule has 28 heavy (non-hydrogen) atoms. The zero-order valence-electron chi connectivity index (χ0n) is 17.4. The van der Waals surface area contributed by atoms with E-state index in [1.165, 1.54) is 39.3 Å². The van der Waals surface area contributed by atoms with Gasteiger partial charge in [0.1, 0.15) is 0 Å². The Kier molecular flexibility index (Phi) is 9.21. The molecule has 0 amide bonds. The van der Waals surface area contributed by atoms with Crippen molar-refractivity contribution >= 4 is 16.0 Å². The number of hydrogen-bond donors (Lipinski definition) is 3. The van der Waals surface area contributed by atoms with Gasteiger partial charge >= 0.3 is 0 Å². The minimum Gasteiger partial charge on any atom is -0.357 e. The first-order valence-corrected chi connectivity index (χ1v) is 11.8. The molecule has 0 aliphatic carbocycles. The van der Waals surface area contributed by atoms with Crippen LogP contribution in [0.25, 0.3) is 0 Å². The van der Waals surface area contributed by atoms with E-state index in [0.29, 0.717) is 12.6 Å². The van der Waals surface area contributed by atoms with Crippen molar-refractivity contribution in [1.82, 2.24) is 20.3 Å². The Morgan fingerprint density at radius 2 is 2.07 bits per heavy atom. The van der Waals surface area contributed by atoms with E-state index in [-0.39, 0.29) is 4.90 Å². The second-order valence-corrected chi connectivity index (χ2v) is 8.96. The quantitative estimate of drug-likeness (QED) is 0.429. The standard InChI is InChI=1S/C20H35N5O2S/c1-4-18-10-6-7-13-25(18)14-12-23-20(22-5-2)24-16-17-9-8-11-19(15-17)28(26,27)21-3/h8-9,11,15,18,21H,4-7,10,12-14,16H2,1-3H3,(H2,22,23,24). The van der Waals surface area contributed by atoms with Crippen LogP contribution in [-0.4, -0.2) is 58.5 Å². The SMILES string of the molecule is CCNC(=NCc1cccc(S(=O)(=O)NC)c1)NCCN1CCCCC1CC. The highest BCUT2D eigenvalue weighted by Gasteiger charge is 2.20. The van der Waals surface area contributed by atoms with Crippen molar-refractivity contribution in [2.45, 2.75) is 57.0 Å². The molecule has 1 fully saturated rings. The van der Waals surface area contributed by atoms with Gasteiger partial charge < -0.3 is 10.6 Å². The van der Waals surface area contributed by atoms with Crippen LogP contribution in [-0.2, 0) is 16.6 Å². The molecule has 3 N–H and O–H groups in total. The average molecular weight is 410 g/mol. The zero-order valence-corrected chi connectivity index (χ0v) is 18.2. The van der Waals surface area contributed by atoms with Crippen molar-refractivity contribution < 1.29 is 8.42 Å². The molecule has 7 nitrogen and oxygen atoms in total. The first-order chi connectivity index (χ1) is 13.5. The van der Waals surface area contributed by atoms with E-state index < -0.39 is 10.0 Å². The molecule has 0 saturated carbocycles. The van der Waals surface area contributed by atoms with Gasteiger partial charge in [-0.2, -0.15) is 0 Å². The topological polar surface area (TPSA) is 85.8 Å². The van der Waals surface area contributed by atoms with Gasteiger partial charge in [0.05, 0.1) is 11.4 Å². The molecule has 1 saturated heterocycles. The number of sulfonamides is 1. The molecule has 1 aliphatic rings. The largest absolute Gasteiger partial charge is 0.357 e. The molecule has 1 aromatic carbocycles. The van der Waals surface area contributed by atoms with Gasteiger partial charge in [0.15, 0.2) is 5.96 Å².